The fourth-order valence-electron chi connectivity index (χ4n) is 3.66. The average Bonchev–Trinajstić information content (AvgIpc) is 3.41. The number of para-hydroxylation sites is 2. The Balaban J connectivity index is 1.53. The fraction of sp³-hybridized carbons (Fsp3) is 0.143. The van der Waals surface area contributed by atoms with E-state index in [1.54, 1.807) is 40.0 Å². The maximum absolute atomic E-state index is 13.2. The van der Waals surface area contributed by atoms with Gasteiger partial charge in [0.25, 0.3) is 0 Å². The number of carbonyl (C=O) groups excluding carboxylic acids is 2. The lowest BCUT2D eigenvalue weighted by Gasteiger charge is -2.33. The van der Waals surface area contributed by atoms with Crippen molar-refractivity contribution in [1.82, 2.24) is 14.7 Å². The molecule has 0 saturated heterocycles. The molecule has 30 heavy (non-hydrogen) atoms. The zero-order valence-corrected chi connectivity index (χ0v) is 16.6. The lowest BCUT2D eigenvalue weighted by Crippen LogP contribution is -2.52. The molecule has 2 aliphatic heterocycles. The molecule has 1 aromatic heterocycles. The number of carbonyl (C=O) groups is 2. The number of halogens is 1. The molecule has 1 N–H and O–H groups in total. The highest BCUT2D eigenvalue weighted by molar-refractivity contribution is 6.33. The summed E-state index contributed by atoms with van der Waals surface area (Å²) in [5.41, 5.74) is 2.01. The van der Waals surface area contributed by atoms with Crippen molar-refractivity contribution < 1.29 is 9.59 Å². The van der Waals surface area contributed by atoms with Crippen molar-refractivity contribution in [1.29, 1.82) is 0 Å². The van der Waals surface area contributed by atoms with E-state index in [4.69, 9.17) is 11.6 Å². The fourth-order valence-corrected chi connectivity index (χ4v) is 3.84. The monoisotopic (exact) mass is 420 g/mol. The molecule has 0 spiro atoms. The van der Waals surface area contributed by atoms with Crippen LogP contribution in [0.5, 0.6) is 0 Å². The third-order valence-corrected chi connectivity index (χ3v) is 5.32. The summed E-state index contributed by atoms with van der Waals surface area (Å²) in [6.07, 6.45) is 1.69. The molecule has 8 nitrogen and oxygen atoms in total. The first-order chi connectivity index (χ1) is 14.6. The van der Waals surface area contributed by atoms with Gasteiger partial charge in [-0.2, -0.15) is 5.10 Å². The second-order valence-corrected chi connectivity index (χ2v) is 7.29. The van der Waals surface area contributed by atoms with Gasteiger partial charge in [-0.15, -0.1) is 0 Å². The zero-order valence-electron chi connectivity index (χ0n) is 15.8. The van der Waals surface area contributed by atoms with Crippen molar-refractivity contribution in [2.75, 3.05) is 29.9 Å². The minimum absolute atomic E-state index is 0.181. The molecular weight excluding hydrogens is 404 g/mol. The second-order valence-electron chi connectivity index (χ2n) is 6.88. The van der Waals surface area contributed by atoms with Gasteiger partial charge < -0.3 is 5.32 Å². The number of nitrogens with one attached hydrogen (secondary N) is 1. The predicted octanol–water partition coefficient (Wildman–Crippen LogP) is 3.17. The van der Waals surface area contributed by atoms with Gasteiger partial charge in [0, 0.05) is 6.54 Å². The number of amides is 3. The molecule has 2 aromatic carbocycles. The Labute approximate surface area is 177 Å². The molecule has 0 aliphatic carbocycles. The van der Waals surface area contributed by atoms with Crippen LogP contribution in [0.4, 0.5) is 16.3 Å². The quantitative estimate of drug-likeness (QED) is 0.703. The highest BCUT2D eigenvalue weighted by Gasteiger charge is 2.41. The van der Waals surface area contributed by atoms with E-state index in [2.05, 4.69) is 15.4 Å². The largest absolute Gasteiger partial charge is 0.331 e. The first-order valence-electron chi connectivity index (χ1n) is 9.45. The minimum atomic E-state index is -0.359. The first kappa shape index (κ1) is 18.4. The summed E-state index contributed by atoms with van der Waals surface area (Å²) in [6, 6.07) is 16.1. The first-order valence-corrected chi connectivity index (χ1v) is 9.83. The van der Waals surface area contributed by atoms with E-state index in [9.17, 15) is 9.59 Å². The number of urea groups is 1. The second kappa shape index (κ2) is 7.31. The number of amidine groups is 1. The number of benzene rings is 2. The van der Waals surface area contributed by atoms with Crippen molar-refractivity contribution in [3.05, 3.63) is 71.4 Å². The number of aliphatic imine (C=N–C) groups is 1. The lowest BCUT2D eigenvalue weighted by molar-refractivity contribution is -0.114. The molecule has 9 heteroatoms. The topological polar surface area (TPSA) is 82.8 Å². The van der Waals surface area contributed by atoms with E-state index < -0.39 is 0 Å². The van der Waals surface area contributed by atoms with Gasteiger partial charge in [0.05, 0.1) is 34.7 Å². The van der Waals surface area contributed by atoms with Gasteiger partial charge in [-0.25, -0.2) is 9.48 Å². The highest BCUT2D eigenvalue weighted by atomic mass is 35.5. The molecular formula is C21H17ClN6O2. The molecule has 0 atom stereocenters. The van der Waals surface area contributed by atoms with E-state index in [1.165, 1.54) is 4.90 Å². The number of aromatic nitrogens is 2. The Morgan fingerprint density at radius 3 is 2.67 bits per heavy atom. The molecule has 0 unspecified atom stereocenters. The molecule has 150 valence electrons. The summed E-state index contributed by atoms with van der Waals surface area (Å²) in [5, 5.41) is 7.69. The molecule has 3 heterocycles. The standard InChI is InChI=1S/C21H17ClN6O2/c22-16-8-4-5-9-17(16)25-18(29)13-27-20-15(19-23-10-11-26(19)21(27)30)12-24-28(20)14-6-2-1-3-7-14/h1-9,12H,10-11,13H2,(H,25,29). The smallest absolute Gasteiger partial charge is 0.323 e. The number of fused-ring (bicyclic) bond motifs is 3. The van der Waals surface area contributed by atoms with E-state index >= 15 is 0 Å². The van der Waals surface area contributed by atoms with Crippen LogP contribution >= 0.6 is 11.6 Å². The van der Waals surface area contributed by atoms with Crippen molar-refractivity contribution in [3.8, 4) is 5.69 Å². The highest BCUT2D eigenvalue weighted by Crippen LogP contribution is 2.33. The zero-order chi connectivity index (χ0) is 20.7. The Bertz CT molecular complexity index is 1170. The average molecular weight is 421 g/mol. The van der Waals surface area contributed by atoms with Crippen LogP contribution in [0.15, 0.2) is 65.8 Å². The van der Waals surface area contributed by atoms with Crippen LogP contribution in [-0.2, 0) is 4.79 Å². The van der Waals surface area contributed by atoms with Gasteiger partial charge in [-0.1, -0.05) is 41.9 Å². The third-order valence-electron chi connectivity index (χ3n) is 4.99. The van der Waals surface area contributed by atoms with Gasteiger partial charge in [0.1, 0.15) is 12.4 Å². The SMILES string of the molecule is O=C(CN1C(=O)N2CCN=C2c2cnn(-c3ccccc3)c21)Nc1ccccc1Cl. The summed E-state index contributed by atoms with van der Waals surface area (Å²) in [6.45, 7) is 0.822. The molecule has 2 aliphatic rings. The summed E-state index contributed by atoms with van der Waals surface area (Å²) in [5.74, 6) is 0.764. The predicted molar refractivity (Wildman–Crippen MR) is 114 cm³/mol. The minimum Gasteiger partial charge on any atom is -0.323 e. The number of anilines is 2. The molecule has 5 rings (SSSR count). The van der Waals surface area contributed by atoms with Crippen molar-refractivity contribution >= 4 is 40.9 Å². The Morgan fingerprint density at radius 1 is 1.10 bits per heavy atom. The maximum Gasteiger partial charge on any atom is 0.331 e. The van der Waals surface area contributed by atoms with Crippen LogP contribution in [0.1, 0.15) is 5.56 Å². The van der Waals surface area contributed by atoms with Crippen molar-refractivity contribution in [2.24, 2.45) is 4.99 Å². The summed E-state index contributed by atoms with van der Waals surface area (Å²) in [4.78, 5) is 33.5. The van der Waals surface area contributed by atoms with Crippen LogP contribution in [0, 0.1) is 0 Å². The van der Waals surface area contributed by atoms with Crippen LogP contribution < -0.4 is 10.2 Å². The summed E-state index contributed by atoms with van der Waals surface area (Å²) in [7, 11) is 0. The maximum atomic E-state index is 13.2. The van der Waals surface area contributed by atoms with E-state index in [0.717, 1.165) is 11.3 Å². The van der Waals surface area contributed by atoms with Crippen molar-refractivity contribution in [3.63, 3.8) is 0 Å². The number of rotatable bonds is 4. The normalized spacial score (nSPS) is 15.0. The summed E-state index contributed by atoms with van der Waals surface area (Å²) >= 11 is 6.15. The third kappa shape index (κ3) is 3.02. The van der Waals surface area contributed by atoms with Crippen LogP contribution in [-0.4, -0.2) is 52.1 Å². The molecule has 0 fully saturated rings. The lowest BCUT2D eigenvalue weighted by atomic mass is 10.2. The van der Waals surface area contributed by atoms with Crippen molar-refractivity contribution in [2.45, 2.75) is 0 Å². The molecule has 3 aromatic rings. The van der Waals surface area contributed by atoms with E-state index in [1.807, 2.05) is 30.3 Å². The Kier molecular flexibility index (Phi) is 4.48. The van der Waals surface area contributed by atoms with Gasteiger partial charge in [-0.3, -0.25) is 19.6 Å². The van der Waals surface area contributed by atoms with Crippen LogP contribution in [0.3, 0.4) is 0 Å². The van der Waals surface area contributed by atoms with Crippen LogP contribution in [0.2, 0.25) is 5.02 Å². The van der Waals surface area contributed by atoms with Gasteiger partial charge in [0.2, 0.25) is 5.91 Å². The number of hydrogen-bond acceptors (Lipinski definition) is 4. The van der Waals surface area contributed by atoms with Gasteiger partial charge in [0.15, 0.2) is 5.82 Å². The number of nitrogens with zero attached hydrogens (tertiary/aromatic N) is 5. The summed E-state index contributed by atoms with van der Waals surface area (Å²) < 4.78 is 1.66. The van der Waals surface area contributed by atoms with Crippen LogP contribution in [0.25, 0.3) is 5.69 Å². The van der Waals surface area contributed by atoms with E-state index in [-0.39, 0.29) is 18.5 Å². The number of hydrogen-bond donors (Lipinski definition) is 1. The molecule has 0 radical (unpaired) electrons. The Morgan fingerprint density at radius 2 is 1.87 bits per heavy atom. The molecule has 0 bridgehead atoms. The van der Waals surface area contributed by atoms with E-state index in [0.29, 0.717) is 35.5 Å². The van der Waals surface area contributed by atoms with Gasteiger partial charge in [-0.05, 0) is 24.3 Å². The molecule has 0 saturated carbocycles. The Hall–Kier alpha value is -3.65. The van der Waals surface area contributed by atoms with Gasteiger partial charge >= 0.3 is 6.03 Å². The molecule has 3 amide bonds.